The molecule has 1 rings (SSSR count). The Balaban J connectivity index is 0.00000256. The van der Waals surface area contributed by atoms with Gasteiger partial charge in [-0.25, -0.2) is 0 Å². The van der Waals surface area contributed by atoms with Crippen LogP contribution in [0.4, 0.5) is 0 Å². The summed E-state index contributed by atoms with van der Waals surface area (Å²) in [5.41, 5.74) is 0.394. The first-order valence-electron chi connectivity index (χ1n) is 5.04. The molecule has 0 aliphatic carbocycles. The number of nitrogens with one attached hydrogen (secondary N) is 1. The van der Waals surface area contributed by atoms with E-state index in [0.717, 1.165) is 0 Å². The monoisotopic (exact) mass is 281 g/mol. The molecule has 1 aromatic carbocycles. The third-order valence-electron chi connectivity index (χ3n) is 2.17. The lowest BCUT2D eigenvalue weighted by atomic mass is 10.1. The van der Waals surface area contributed by atoms with Crippen LogP contribution in [0.1, 0.15) is 25.5 Å². The van der Waals surface area contributed by atoms with Crippen LogP contribution in [0.5, 0.6) is 11.5 Å². The van der Waals surface area contributed by atoms with E-state index >= 15 is 0 Å². The number of phenols is 2. The molecule has 0 saturated heterocycles. The Bertz CT molecular complexity index is 372. The van der Waals surface area contributed by atoms with Crippen molar-refractivity contribution in [2.45, 2.75) is 26.0 Å². The van der Waals surface area contributed by atoms with Crippen molar-refractivity contribution in [1.82, 2.24) is 5.32 Å². The second-order valence-corrected chi connectivity index (χ2v) is 4.35. The molecule has 0 aliphatic heterocycles. The molecule has 0 amide bonds. The van der Waals surface area contributed by atoms with Crippen molar-refractivity contribution in [2.75, 3.05) is 6.54 Å². The lowest BCUT2D eigenvalue weighted by molar-refractivity contribution is 0.171. The van der Waals surface area contributed by atoms with Gasteiger partial charge in [0.2, 0.25) is 0 Å². The van der Waals surface area contributed by atoms with Crippen LogP contribution in [-0.4, -0.2) is 27.9 Å². The Kier molecular flexibility index (Phi) is 6.64. The zero-order valence-corrected chi connectivity index (χ0v) is 11.2. The lowest BCUT2D eigenvalue weighted by Gasteiger charge is -2.16. The fourth-order valence-electron chi connectivity index (χ4n) is 1.28. The van der Waals surface area contributed by atoms with E-state index in [-0.39, 0.29) is 35.0 Å². The van der Waals surface area contributed by atoms with Crippen molar-refractivity contribution >= 4 is 24.0 Å². The van der Waals surface area contributed by atoms with Gasteiger partial charge in [0.05, 0.1) is 11.1 Å². The predicted molar refractivity (Wildman–Crippen MR) is 70.1 cm³/mol. The molecular weight excluding hydrogens is 265 g/mol. The first-order valence-corrected chi connectivity index (χ1v) is 5.42. The number of aromatic hydroxyl groups is 2. The maximum absolute atomic E-state index is 9.83. The van der Waals surface area contributed by atoms with E-state index in [1.165, 1.54) is 12.1 Å². The summed E-state index contributed by atoms with van der Waals surface area (Å²) < 4.78 is 0. The average molecular weight is 282 g/mol. The van der Waals surface area contributed by atoms with Crippen molar-refractivity contribution < 1.29 is 15.3 Å². The molecule has 4 nitrogen and oxygen atoms in total. The van der Waals surface area contributed by atoms with Crippen molar-refractivity contribution in [3.05, 3.63) is 22.7 Å². The largest absolute Gasteiger partial charge is 0.504 e. The summed E-state index contributed by atoms with van der Waals surface area (Å²) in [6.07, 6.45) is -0.818. The number of rotatable bonds is 4. The van der Waals surface area contributed by atoms with E-state index in [4.69, 9.17) is 11.6 Å². The maximum Gasteiger partial charge on any atom is 0.158 e. The van der Waals surface area contributed by atoms with Gasteiger partial charge in [0, 0.05) is 24.2 Å². The van der Waals surface area contributed by atoms with Crippen molar-refractivity contribution in [3.8, 4) is 11.5 Å². The summed E-state index contributed by atoms with van der Waals surface area (Å²) in [5.74, 6) is -0.583. The van der Waals surface area contributed by atoms with Gasteiger partial charge in [0.25, 0.3) is 0 Å². The first kappa shape index (κ1) is 16.3. The fraction of sp³-hybridized carbons (Fsp3) is 0.455. The predicted octanol–water partition coefficient (Wildman–Crippen LogP) is 2.20. The van der Waals surface area contributed by atoms with Crippen LogP contribution in [0.15, 0.2) is 12.1 Å². The molecule has 0 aliphatic rings. The highest BCUT2D eigenvalue weighted by molar-refractivity contribution is 6.31. The number of hydrogen-bond acceptors (Lipinski definition) is 4. The molecule has 0 radical (unpaired) electrons. The van der Waals surface area contributed by atoms with E-state index in [1.807, 2.05) is 13.8 Å². The zero-order valence-electron chi connectivity index (χ0n) is 9.64. The van der Waals surface area contributed by atoms with Gasteiger partial charge < -0.3 is 20.6 Å². The summed E-state index contributed by atoms with van der Waals surface area (Å²) in [7, 11) is 0. The molecule has 0 bridgehead atoms. The Morgan fingerprint density at radius 1 is 1.24 bits per heavy atom. The molecule has 0 spiro atoms. The topological polar surface area (TPSA) is 72.7 Å². The number of hydrogen-bond donors (Lipinski definition) is 4. The van der Waals surface area contributed by atoms with Gasteiger partial charge in [0.15, 0.2) is 11.5 Å². The molecule has 0 heterocycles. The van der Waals surface area contributed by atoms with Gasteiger partial charge >= 0.3 is 0 Å². The van der Waals surface area contributed by atoms with Crippen molar-refractivity contribution in [3.63, 3.8) is 0 Å². The van der Waals surface area contributed by atoms with Crippen LogP contribution in [0, 0.1) is 0 Å². The molecule has 4 N–H and O–H groups in total. The van der Waals surface area contributed by atoms with Crippen LogP contribution in [0.25, 0.3) is 0 Å². The van der Waals surface area contributed by atoms with Gasteiger partial charge in [-0.05, 0) is 6.07 Å². The molecule has 1 aromatic rings. The van der Waals surface area contributed by atoms with Gasteiger partial charge in [-0.2, -0.15) is 0 Å². The molecule has 1 unspecified atom stereocenters. The highest BCUT2D eigenvalue weighted by Gasteiger charge is 2.15. The number of benzene rings is 1. The van der Waals surface area contributed by atoms with E-state index < -0.39 is 6.10 Å². The summed E-state index contributed by atoms with van der Waals surface area (Å²) >= 11 is 5.85. The quantitative estimate of drug-likeness (QED) is 0.639. The number of halogens is 2. The Hall–Kier alpha value is -0.680. The van der Waals surface area contributed by atoms with Crippen LogP contribution < -0.4 is 5.32 Å². The summed E-state index contributed by atoms with van der Waals surface area (Å²) in [5, 5.41) is 31.6. The minimum absolute atomic E-state index is 0. The Morgan fingerprint density at radius 3 is 2.29 bits per heavy atom. The first-order chi connectivity index (χ1) is 7.41. The average Bonchev–Trinajstić information content (AvgIpc) is 2.20. The molecule has 0 saturated carbocycles. The molecule has 98 valence electrons. The molecule has 0 fully saturated rings. The van der Waals surface area contributed by atoms with E-state index in [9.17, 15) is 15.3 Å². The van der Waals surface area contributed by atoms with Crippen molar-refractivity contribution in [1.29, 1.82) is 0 Å². The smallest absolute Gasteiger partial charge is 0.158 e. The third-order valence-corrected chi connectivity index (χ3v) is 2.50. The SMILES string of the molecule is CC(C)NCC(O)c1cc(O)c(O)cc1Cl.Cl. The normalized spacial score (nSPS) is 12.3. The fourth-order valence-corrected chi connectivity index (χ4v) is 1.56. The number of phenolic OH excluding ortho intramolecular Hbond substituents is 2. The minimum atomic E-state index is -0.818. The molecule has 17 heavy (non-hydrogen) atoms. The maximum atomic E-state index is 9.83. The van der Waals surface area contributed by atoms with Crippen LogP contribution in [0.2, 0.25) is 5.02 Å². The van der Waals surface area contributed by atoms with Gasteiger partial charge in [-0.3, -0.25) is 0 Å². The standard InChI is InChI=1S/C11H16ClNO3.ClH/c1-6(2)13-5-11(16)7-3-9(14)10(15)4-8(7)12;/h3-4,6,11,13-16H,5H2,1-2H3;1H. The summed E-state index contributed by atoms with van der Waals surface area (Å²) in [4.78, 5) is 0. The van der Waals surface area contributed by atoms with Crippen LogP contribution >= 0.6 is 24.0 Å². The van der Waals surface area contributed by atoms with E-state index in [1.54, 1.807) is 0 Å². The van der Waals surface area contributed by atoms with Gasteiger partial charge in [0.1, 0.15) is 0 Å². The minimum Gasteiger partial charge on any atom is -0.504 e. The van der Waals surface area contributed by atoms with Crippen LogP contribution in [-0.2, 0) is 0 Å². The van der Waals surface area contributed by atoms with Gasteiger partial charge in [-0.1, -0.05) is 25.4 Å². The van der Waals surface area contributed by atoms with Gasteiger partial charge in [-0.15, -0.1) is 12.4 Å². The summed E-state index contributed by atoms with van der Waals surface area (Å²) in [6, 6.07) is 2.73. The molecule has 6 heteroatoms. The van der Waals surface area contributed by atoms with Crippen LogP contribution in [0.3, 0.4) is 0 Å². The van der Waals surface area contributed by atoms with E-state index in [2.05, 4.69) is 5.32 Å². The number of aliphatic hydroxyl groups is 1. The molecular formula is C11H17Cl2NO3. The second kappa shape index (κ2) is 6.91. The highest BCUT2D eigenvalue weighted by Crippen LogP contribution is 2.34. The Morgan fingerprint density at radius 2 is 1.76 bits per heavy atom. The van der Waals surface area contributed by atoms with Crippen molar-refractivity contribution in [2.24, 2.45) is 0 Å². The second-order valence-electron chi connectivity index (χ2n) is 3.94. The molecule has 1 atom stereocenters. The Labute approximate surface area is 112 Å². The zero-order chi connectivity index (χ0) is 12.3. The lowest BCUT2D eigenvalue weighted by Crippen LogP contribution is -2.28. The highest BCUT2D eigenvalue weighted by atomic mass is 35.5. The number of aliphatic hydroxyl groups excluding tert-OH is 1. The molecule has 0 aromatic heterocycles. The third kappa shape index (κ3) is 4.60. The van der Waals surface area contributed by atoms with E-state index in [0.29, 0.717) is 12.1 Å². The summed E-state index contributed by atoms with van der Waals surface area (Å²) in [6.45, 7) is 4.26.